The van der Waals surface area contributed by atoms with Crippen molar-refractivity contribution in [2.24, 2.45) is 35.5 Å². The molecule has 0 aromatic heterocycles. The molecule has 6 atom stereocenters. The van der Waals surface area contributed by atoms with Gasteiger partial charge in [0.25, 0.3) is 0 Å². The Hall–Kier alpha value is -2.44. The van der Waals surface area contributed by atoms with E-state index in [-0.39, 0.29) is 36.9 Å². The Kier molecular flexibility index (Phi) is 3.56. The van der Waals surface area contributed by atoms with Crippen LogP contribution in [0.4, 0.5) is 0 Å². The van der Waals surface area contributed by atoms with Crippen LogP contribution >= 0.6 is 0 Å². The van der Waals surface area contributed by atoms with E-state index in [1.54, 1.807) is 0 Å². The molecule has 2 fully saturated rings. The molecule has 0 amide bonds. The van der Waals surface area contributed by atoms with Gasteiger partial charge in [-0.1, -0.05) is 12.2 Å². The topological polar surface area (TPSA) is 96.0 Å². The number of carbonyl (C=O) groups is 4. The summed E-state index contributed by atoms with van der Waals surface area (Å²) in [4.78, 5) is 46.6. The molecule has 0 N–H and O–H groups in total. The smallest absolute Gasteiger partial charge is 0.318 e. The van der Waals surface area contributed by atoms with E-state index in [0.717, 1.165) is 11.1 Å². The molecule has 0 radical (unpaired) electrons. The van der Waals surface area contributed by atoms with Gasteiger partial charge < -0.3 is 14.2 Å². The minimum atomic E-state index is -0.466. The molecule has 7 heteroatoms. The summed E-state index contributed by atoms with van der Waals surface area (Å²) in [6.07, 6.45) is 3.95. The quantitative estimate of drug-likeness (QED) is 0.321. The predicted molar refractivity (Wildman–Crippen MR) is 81.5 cm³/mol. The lowest BCUT2D eigenvalue weighted by molar-refractivity contribution is -0.154. The molecular formula is C18H18O7. The first-order valence-electron chi connectivity index (χ1n) is 8.32. The van der Waals surface area contributed by atoms with Gasteiger partial charge in [0.2, 0.25) is 0 Å². The van der Waals surface area contributed by atoms with Crippen LogP contribution in [0.1, 0.15) is 13.8 Å². The van der Waals surface area contributed by atoms with Gasteiger partial charge >= 0.3 is 23.9 Å². The van der Waals surface area contributed by atoms with Crippen molar-refractivity contribution in [3.63, 3.8) is 0 Å². The maximum Gasteiger partial charge on any atom is 0.318 e. The number of hydrogen-bond acceptors (Lipinski definition) is 7. The summed E-state index contributed by atoms with van der Waals surface area (Å²) in [5.41, 5.74) is 1.79. The maximum absolute atomic E-state index is 12.1. The van der Waals surface area contributed by atoms with Crippen molar-refractivity contribution in [2.45, 2.75) is 13.8 Å². The van der Waals surface area contributed by atoms with E-state index in [9.17, 15) is 19.2 Å². The molecule has 0 unspecified atom stereocenters. The molecule has 7 nitrogen and oxygen atoms in total. The number of hydrogen-bond donors (Lipinski definition) is 0. The third-order valence-corrected chi connectivity index (χ3v) is 5.81. The molecule has 25 heavy (non-hydrogen) atoms. The summed E-state index contributed by atoms with van der Waals surface area (Å²) in [5, 5.41) is 0. The molecule has 5 rings (SSSR count). The van der Waals surface area contributed by atoms with Crippen LogP contribution in [0.3, 0.4) is 0 Å². The number of esters is 4. The van der Waals surface area contributed by atoms with Crippen LogP contribution in [0.15, 0.2) is 23.3 Å². The van der Waals surface area contributed by atoms with Crippen molar-refractivity contribution in [1.29, 1.82) is 0 Å². The Labute approximate surface area is 144 Å². The van der Waals surface area contributed by atoms with Crippen LogP contribution < -0.4 is 0 Å². The molecule has 0 aromatic carbocycles. The van der Waals surface area contributed by atoms with Crippen LogP contribution in [0, 0.1) is 35.5 Å². The molecule has 1 aliphatic heterocycles. The zero-order valence-corrected chi connectivity index (χ0v) is 13.9. The zero-order valence-electron chi connectivity index (χ0n) is 13.9. The third kappa shape index (κ3) is 2.25. The van der Waals surface area contributed by atoms with Gasteiger partial charge in [-0.3, -0.25) is 19.2 Å². The van der Waals surface area contributed by atoms with Gasteiger partial charge in [0, 0.05) is 13.8 Å². The second-order valence-corrected chi connectivity index (χ2v) is 6.99. The van der Waals surface area contributed by atoms with E-state index >= 15 is 0 Å². The van der Waals surface area contributed by atoms with Gasteiger partial charge in [0.05, 0.1) is 11.8 Å². The minimum absolute atomic E-state index is 0.0135. The normalized spacial score (nSPS) is 37.2. The van der Waals surface area contributed by atoms with E-state index in [2.05, 4.69) is 0 Å². The molecule has 0 aromatic rings. The lowest BCUT2D eigenvalue weighted by Gasteiger charge is -2.56. The van der Waals surface area contributed by atoms with Crippen molar-refractivity contribution in [3.8, 4) is 0 Å². The number of cyclic esters (lactones) is 2. The summed E-state index contributed by atoms with van der Waals surface area (Å²) in [6.45, 7) is 2.89. The highest BCUT2D eigenvalue weighted by molar-refractivity contribution is 5.98. The fourth-order valence-electron chi connectivity index (χ4n) is 4.95. The van der Waals surface area contributed by atoms with Gasteiger partial charge in [-0.25, -0.2) is 0 Å². The molecule has 2 bridgehead atoms. The molecule has 1 saturated carbocycles. The van der Waals surface area contributed by atoms with Crippen molar-refractivity contribution in [2.75, 3.05) is 13.2 Å². The molecule has 4 aliphatic carbocycles. The average molecular weight is 346 g/mol. The number of carbonyl (C=O) groups excluding carboxylic acids is 4. The highest BCUT2D eigenvalue weighted by atomic mass is 16.6. The molecule has 5 aliphatic rings. The van der Waals surface area contributed by atoms with Crippen LogP contribution in [-0.4, -0.2) is 37.1 Å². The number of ether oxygens (including phenoxy) is 3. The summed E-state index contributed by atoms with van der Waals surface area (Å²) >= 11 is 0. The van der Waals surface area contributed by atoms with Crippen molar-refractivity contribution < 1.29 is 33.4 Å². The van der Waals surface area contributed by atoms with Crippen molar-refractivity contribution >= 4 is 23.9 Å². The molecule has 1 saturated heterocycles. The van der Waals surface area contributed by atoms with Gasteiger partial charge in [0.1, 0.15) is 13.2 Å². The summed E-state index contributed by atoms with van der Waals surface area (Å²) < 4.78 is 15.2. The standard InChI is InChI=1S/C18H18O7/c1-7(19)23-5-11-12(6-24-8(2)20)14-10-4-3-9(13(11)14)15-16(10)18(22)25-17(15)21/h3-4,9-10,13-16H,5-6H2,1-2H3/t9-,10-,13-,14+,15+,16+/m0/s1. The predicted octanol–water partition coefficient (Wildman–Crippen LogP) is 0.787. The van der Waals surface area contributed by atoms with Gasteiger partial charge in [-0.15, -0.1) is 0 Å². The Balaban J connectivity index is 1.67. The zero-order chi connectivity index (χ0) is 17.9. The molecule has 0 spiro atoms. The monoisotopic (exact) mass is 346 g/mol. The van der Waals surface area contributed by atoms with E-state index in [1.807, 2.05) is 12.2 Å². The van der Waals surface area contributed by atoms with Crippen molar-refractivity contribution in [1.82, 2.24) is 0 Å². The highest BCUT2D eigenvalue weighted by Gasteiger charge is 2.65. The van der Waals surface area contributed by atoms with Crippen LogP contribution in [0.25, 0.3) is 0 Å². The van der Waals surface area contributed by atoms with Crippen LogP contribution in [-0.2, 0) is 33.4 Å². The Bertz CT molecular complexity index is 687. The third-order valence-electron chi connectivity index (χ3n) is 5.81. The average Bonchev–Trinajstić information content (AvgIpc) is 2.83. The first-order valence-corrected chi connectivity index (χ1v) is 8.32. The Morgan fingerprint density at radius 1 is 0.840 bits per heavy atom. The molecular weight excluding hydrogens is 328 g/mol. The second-order valence-electron chi connectivity index (χ2n) is 6.99. The fourth-order valence-corrected chi connectivity index (χ4v) is 4.95. The second kappa shape index (κ2) is 5.54. The SMILES string of the molecule is CC(=O)OCC1=C(COC(C)=O)[C@H]2[C@@H]3C=C[C@H]([C@H]4C(=O)OC(=O)[C@H]34)[C@@H]12. The highest BCUT2D eigenvalue weighted by Crippen LogP contribution is 2.63. The Morgan fingerprint density at radius 2 is 1.24 bits per heavy atom. The minimum Gasteiger partial charge on any atom is -0.461 e. The Morgan fingerprint density at radius 3 is 1.60 bits per heavy atom. The summed E-state index contributed by atoms with van der Waals surface area (Å²) in [7, 11) is 0. The fraction of sp³-hybridized carbons (Fsp3) is 0.556. The van der Waals surface area contributed by atoms with Crippen LogP contribution in [0.2, 0.25) is 0 Å². The molecule has 1 heterocycles. The lowest BCUT2D eigenvalue weighted by atomic mass is 9.45. The van der Waals surface area contributed by atoms with E-state index < -0.39 is 35.7 Å². The summed E-state index contributed by atoms with van der Waals surface area (Å²) in [6, 6.07) is 0. The first kappa shape index (κ1) is 16.1. The van der Waals surface area contributed by atoms with E-state index in [4.69, 9.17) is 14.2 Å². The number of allylic oxidation sites excluding steroid dienone is 2. The first-order chi connectivity index (χ1) is 11.9. The largest absolute Gasteiger partial charge is 0.461 e. The number of rotatable bonds is 4. The van der Waals surface area contributed by atoms with Gasteiger partial charge in [-0.2, -0.15) is 0 Å². The van der Waals surface area contributed by atoms with Gasteiger partial charge in [-0.05, 0) is 34.8 Å². The van der Waals surface area contributed by atoms with Gasteiger partial charge in [0.15, 0.2) is 0 Å². The van der Waals surface area contributed by atoms with E-state index in [1.165, 1.54) is 13.8 Å². The van der Waals surface area contributed by atoms with Crippen molar-refractivity contribution in [3.05, 3.63) is 23.3 Å². The van der Waals surface area contributed by atoms with E-state index in [0.29, 0.717) is 0 Å². The summed E-state index contributed by atoms with van der Waals surface area (Å²) in [5.74, 6) is -2.92. The maximum atomic E-state index is 12.1. The lowest BCUT2D eigenvalue weighted by Crippen LogP contribution is -2.56. The molecule has 132 valence electrons. The van der Waals surface area contributed by atoms with Crippen LogP contribution in [0.5, 0.6) is 0 Å².